The Morgan fingerprint density at radius 2 is 2.00 bits per heavy atom. The van der Waals surface area contributed by atoms with E-state index in [0.717, 1.165) is 14.3 Å². The van der Waals surface area contributed by atoms with Crippen LogP contribution >= 0.6 is 34.2 Å². The Hall–Kier alpha value is -0.0400. The van der Waals surface area contributed by atoms with E-state index in [-0.39, 0.29) is 6.04 Å². The highest BCUT2D eigenvalue weighted by atomic mass is 127. The summed E-state index contributed by atoms with van der Waals surface area (Å²) in [5.41, 5.74) is 0.920. The number of hydrogen-bond acceptors (Lipinski definition) is 3. The number of ether oxygens (including phenoxy) is 2. The van der Waals surface area contributed by atoms with Crippen molar-refractivity contribution < 1.29 is 9.47 Å². The van der Waals surface area contributed by atoms with Gasteiger partial charge in [0.2, 0.25) is 0 Å². The molecule has 0 amide bonds. The van der Waals surface area contributed by atoms with Gasteiger partial charge in [-0.1, -0.05) is 11.6 Å². The molecule has 1 aromatic rings. The lowest BCUT2D eigenvalue weighted by Crippen LogP contribution is -2.45. The first-order valence-corrected chi connectivity index (χ1v) is 6.91. The molecule has 5 heteroatoms. The Kier molecular flexibility index (Phi) is 4.18. The molecule has 0 radical (unpaired) electrons. The number of hydrogen-bond donors (Lipinski definition) is 1. The van der Waals surface area contributed by atoms with Gasteiger partial charge in [-0.2, -0.15) is 0 Å². The summed E-state index contributed by atoms with van der Waals surface area (Å²) in [4.78, 5) is 0. The first-order chi connectivity index (χ1) is 7.96. The largest absolute Gasteiger partial charge is 0.376 e. The van der Waals surface area contributed by atoms with Gasteiger partial charge in [-0.05, 0) is 54.6 Å². The highest BCUT2D eigenvalue weighted by Gasteiger charge is 2.28. The second-order valence-electron chi connectivity index (χ2n) is 4.49. The maximum atomic E-state index is 6.16. The van der Waals surface area contributed by atoms with Crippen LogP contribution in [-0.2, 0) is 9.47 Å². The second-order valence-corrected chi connectivity index (χ2v) is 6.14. The van der Waals surface area contributed by atoms with E-state index in [4.69, 9.17) is 21.1 Å². The van der Waals surface area contributed by atoms with Crippen LogP contribution in [0.4, 0.5) is 5.69 Å². The predicted molar refractivity (Wildman–Crippen MR) is 77.6 cm³/mol. The summed E-state index contributed by atoms with van der Waals surface area (Å²) in [5, 5.41) is 4.05. The quantitative estimate of drug-likeness (QED) is 0.812. The third kappa shape index (κ3) is 3.71. The topological polar surface area (TPSA) is 30.5 Å². The molecule has 1 fully saturated rings. The molecule has 17 heavy (non-hydrogen) atoms. The summed E-state index contributed by atoms with van der Waals surface area (Å²) in [5.74, 6) is -0.478. The molecule has 1 aromatic carbocycles. The van der Waals surface area contributed by atoms with Gasteiger partial charge in [-0.3, -0.25) is 0 Å². The summed E-state index contributed by atoms with van der Waals surface area (Å²) < 4.78 is 12.3. The molecule has 2 rings (SSSR count). The van der Waals surface area contributed by atoms with Gasteiger partial charge in [-0.15, -0.1) is 0 Å². The van der Waals surface area contributed by atoms with E-state index < -0.39 is 5.79 Å². The zero-order valence-corrected chi connectivity index (χ0v) is 12.7. The molecule has 0 spiro atoms. The first-order valence-electron chi connectivity index (χ1n) is 5.46. The smallest absolute Gasteiger partial charge is 0.162 e. The minimum absolute atomic E-state index is 0.139. The molecule has 1 saturated heterocycles. The van der Waals surface area contributed by atoms with Gasteiger partial charge in [0.05, 0.1) is 30.0 Å². The zero-order chi connectivity index (χ0) is 12.5. The van der Waals surface area contributed by atoms with E-state index in [1.807, 2.05) is 32.0 Å². The molecule has 1 heterocycles. The fourth-order valence-electron chi connectivity index (χ4n) is 1.60. The summed E-state index contributed by atoms with van der Waals surface area (Å²) >= 11 is 8.39. The van der Waals surface area contributed by atoms with E-state index in [2.05, 4.69) is 27.9 Å². The van der Waals surface area contributed by atoms with Gasteiger partial charge >= 0.3 is 0 Å². The van der Waals surface area contributed by atoms with Crippen molar-refractivity contribution in [3.05, 3.63) is 26.8 Å². The fraction of sp³-hybridized carbons (Fsp3) is 0.500. The standard InChI is InChI=1S/C12H15ClINO2/c1-12(2)16-6-9(7-17-12)15-11-4-3-8(14)5-10(11)13/h3-5,9,15H,6-7H2,1-2H3. The fourth-order valence-corrected chi connectivity index (χ4v) is 2.51. The van der Waals surface area contributed by atoms with E-state index >= 15 is 0 Å². The van der Waals surface area contributed by atoms with Gasteiger partial charge in [0, 0.05) is 3.57 Å². The number of benzene rings is 1. The normalized spacial score (nSPS) is 20.2. The third-order valence-corrected chi connectivity index (χ3v) is 3.54. The van der Waals surface area contributed by atoms with Crippen molar-refractivity contribution in [2.45, 2.75) is 25.7 Å². The van der Waals surface area contributed by atoms with Crippen molar-refractivity contribution in [2.24, 2.45) is 0 Å². The van der Waals surface area contributed by atoms with Gasteiger partial charge < -0.3 is 14.8 Å². The van der Waals surface area contributed by atoms with Gasteiger partial charge in [0.15, 0.2) is 5.79 Å². The first kappa shape index (κ1) is 13.4. The average molecular weight is 368 g/mol. The lowest BCUT2D eigenvalue weighted by Gasteiger charge is -2.35. The Bertz CT molecular complexity index is 401. The molecule has 0 unspecified atom stereocenters. The molecule has 0 saturated carbocycles. The molecule has 94 valence electrons. The van der Waals surface area contributed by atoms with E-state index in [1.165, 1.54) is 0 Å². The predicted octanol–water partition coefficient (Wildman–Crippen LogP) is 3.51. The summed E-state index contributed by atoms with van der Waals surface area (Å²) in [7, 11) is 0. The summed E-state index contributed by atoms with van der Waals surface area (Å²) in [6.07, 6.45) is 0. The van der Waals surface area contributed by atoms with Crippen LogP contribution < -0.4 is 5.32 Å². The Labute approximate surface area is 120 Å². The monoisotopic (exact) mass is 367 g/mol. The van der Waals surface area contributed by atoms with Crippen LogP contribution in [0.1, 0.15) is 13.8 Å². The van der Waals surface area contributed by atoms with Crippen LogP contribution in [0.15, 0.2) is 18.2 Å². The summed E-state index contributed by atoms with van der Waals surface area (Å²) in [6, 6.07) is 6.06. The SMILES string of the molecule is CC1(C)OCC(Nc2ccc(I)cc2Cl)CO1. The van der Waals surface area contributed by atoms with Crippen molar-refractivity contribution >= 4 is 39.9 Å². The number of anilines is 1. The van der Waals surface area contributed by atoms with E-state index in [1.54, 1.807) is 0 Å². The Balaban J connectivity index is 1.98. The Morgan fingerprint density at radius 3 is 2.59 bits per heavy atom. The van der Waals surface area contributed by atoms with Crippen molar-refractivity contribution in [1.82, 2.24) is 0 Å². The zero-order valence-electron chi connectivity index (χ0n) is 9.80. The number of rotatable bonds is 2. The van der Waals surface area contributed by atoms with Crippen LogP contribution in [0.2, 0.25) is 5.02 Å². The molecule has 0 bridgehead atoms. The lowest BCUT2D eigenvalue weighted by atomic mass is 10.2. The van der Waals surface area contributed by atoms with Crippen LogP contribution in [0.3, 0.4) is 0 Å². The minimum Gasteiger partial charge on any atom is -0.376 e. The van der Waals surface area contributed by atoms with Crippen molar-refractivity contribution in [3.63, 3.8) is 0 Å². The molecule has 1 aliphatic heterocycles. The van der Waals surface area contributed by atoms with Gasteiger partial charge in [0.1, 0.15) is 0 Å². The molecular formula is C12H15ClINO2. The second kappa shape index (κ2) is 5.30. The van der Waals surface area contributed by atoms with Crippen molar-refractivity contribution in [3.8, 4) is 0 Å². The number of nitrogens with one attached hydrogen (secondary N) is 1. The van der Waals surface area contributed by atoms with E-state index in [9.17, 15) is 0 Å². The van der Waals surface area contributed by atoms with Gasteiger partial charge in [0.25, 0.3) is 0 Å². The number of halogens is 2. The highest BCUT2D eigenvalue weighted by Crippen LogP contribution is 2.26. The summed E-state index contributed by atoms with van der Waals surface area (Å²) in [6.45, 7) is 5.08. The average Bonchev–Trinajstić information content (AvgIpc) is 2.25. The lowest BCUT2D eigenvalue weighted by molar-refractivity contribution is -0.247. The van der Waals surface area contributed by atoms with Crippen molar-refractivity contribution in [2.75, 3.05) is 18.5 Å². The highest BCUT2D eigenvalue weighted by molar-refractivity contribution is 14.1. The Morgan fingerprint density at radius 1 is 1.35 bits per heavy atom. The molecule has 3 nitrogen and oxygen atoms in total. The molecule has 1 aliphatic rings. The molecular weight excluding hydrogens is 352 g/mol. The van der Waals surface area contributed by atoms with E-state index in [0.29, 0.717) is 13.2 Å². The molecule has 0 aromatic heterocycles. The van der Waals surface area contributed by atoms with Crippen LogP contribution in [0.5, 0.6) is 0 Å². The molecule has 0 atom stereocenters. The molecule has 1 N–H and O–H groups in total. The van der Waals surface area contributed by atoms with Crippen LogP contribution in [0.25, 0.3) is 0 Å². The van der Waals surface area contributed by atoms with Crippen LogP contribution in [-0.4, -0.2) is 25.0 Å². The third-order valence-electron chi connectivity index (χ3n) is 2.55. The maximum absolute atomic E-state index is 6.16. The molecule has 0 aliphatic carbocycles. The minimum atomic E-state index is -0.478. The van der Waals surface area contributed by atoms with Crippen molar-refractivity contribution in [1.29, 1.82) is 0 Å². The van der Waals surface area contributed by atoms with Crippen LogP contribution in [0, 0.1) is 3.57 Å². The van der Waals surface area contributed by atoms with Gasteiger partial charge in [-0.25, -0.2) is 0 Å². The maximum Gasteiger partial charge on any atom is 0.162 e.